The molecular formula is C11H18N2OS2. The molecule has 0 radical (unpaired) electrons. The van der Waals surface area contributed by atoms with Crippen LogP contribution in [0.25, 0.3) is 0 Å². The Kier molecular flexibility index (Phi) is 5.15. The van der Waals surface area contributed by atoms with Gasteiger partial charge in [0.15, 0.2) is 5.78 Å². The molecule has 0 saturated carbocycles. The van der Waals surface area contributed by atoms with E-state index in [2.05, 4.69) is 12.2 Å². The second-order valence-corrected chi connectivity index (χ2v) is 5.25. The van der Waals surface area contributed by atoms with E-state index in [1.165, 1.54) is 11.3 Å². The monoisotopic (exact) mass is 258 g/mol. The van der Waals surface area contributed by atoms with Gasteiger partial charge in [0.2, 0.25) is 0 Å². The summed E-state index contributed by atoms with van der Waals surface area (Å²) in [4.78, 5) is 13.4. The van der Waals surface area contributed by atoms with Crippen molar-refractivity contribution in [3.63, 3.8) is 0 Å². The third kappa shape index (κ3) is 2.71. The standard InChI is InChI=1S/C11H18N2OS2/c1-4-6-13-11-10(15-3)8(12)9(16-11)7(14)5-2/h13H,4-6,12H2,1-3H3. The lowest BCUT2D eigenvalue weighted by molar-refractivity contribution is 0.0992. The molecule has 0 bridgehead atoms. The molecule has 1 rings (SSSR count). The van der Waals surface area contributed by atoms with Crippen LogP contribution in [0.15, 0.2) is 4.90 Å². The van der Waals surface area contributed by atoms with E-state index in [-0.39, 0.29) is 5.78 Å². The minimum atomic E-state index is 0.127. The second kappa shape index (κ2) is 6.15. The summed E-state index contributed by atoms with van der Waals surface area (Å²) in [6, 6.07) is 0. The zero-order valence-electron chi connectivity index (χ0n) is 9.92. The number of hydrogen-bond acceptors (Lipinski definition) is 5. The maximum Gasteiger partial charge on any atom is 0.174 e. The highest BCUT2D eigenvalue weighted by Crippen LogP contribution is 2.42. The lowest BCUT2D eigenvalue weighted by Gasteiger charge is -2.03. The van der Waals surface area contributed by atoms with Gasteiger partial charge in [-0.25, -0.2) is 0 Å². The third-order valence-electron chi connectivity index (χ3n) is 2.21. The molecule has 1 aromatic heterocycles. The number of thiophene rings is 1. The summed E-state index contributed by atoms with van der Waals surface area (Å²) in [6.07, 6.45) is 3.55. The number of anilines is 2. The molecule has 90 valence electrons. The van der Waals surface area contributed by atoms with E-state index in [1.807, 2.05) is 13.2 Å². The third-order valence-corrected chi connectivity index (χ3v) is 4.38. The van der Waals surface area contributed by atoms with Crippen molar-refractivity contribution in [1.82, 2.24) is 0 Å². The van der Waals surface area contributed by atoms with Crippen molar-refractivity contribution in [2.24, 2.45) is 0 Å². The highest BCUT2D eigenvalue weighted by Gasteiger charge is 2.18. The number of Topliss-reactive ketones (excluding diaryl/α,β-unsaturated/α-hetero) is 1. The minimum Gasteiger partial charge on any atom is -0.396 e. The SMILES string of the molecule is CCCNc1sc(C(=O)CC)c(N)c1SC. The van der Waals surface area contributed by atoms with Crippen LogP contribution in [-0.2, 0) is 0 Å². The van der Waals surface area contributed by atoms with Gasteiger partial charge < -0.3 is 11.1 Å². The molecule has 3 nitrogen and oxygen atoms in total. The van der Waals surface area contributed by atoms with E-state index in [0.717, 1.165) is 22.9 Å². The fourth-order valence-corrected chi connectivity index (χ4v) is 3.42. The number of nitrogens with one attached hydrogen (secondary N) is 1. The summed E-state index contributed by atoms with van der Waals surface area (Å²) < 4.78 is 0. The smallest absolute Gasteiger partial charge is 0.174 e. The number of thioether (sulfide) groups is 1. The molecule has 0 spiro atoms. The lowest BCUT2D eigenvalue weighted by Crippen LogP contribution is -1.99. The second-order valence-electron chi connectivity index (χ2n) is 3.41. The van der Waals surface area contributed by atoms with Crippen molar-refractivity contribution in [3.05, 3.63) is 4.88 Å². The summed E-state index contributed by atoms with van der Waals surface area (Å²) in [5.41, 5.74) is 6.63. The molecule has 0 unspecified atom stereocenters. The van der Waals surface area contributed by atoms with Gasteiger partial charge in [-0.15, -0.1) is 23.1 Å². The van der Waals surface area contributed by atoms with E-state index in [0.29, 0.717) is 17.0 Å². The first-order valence-electron chi connectivity index (χ1n) is 5.38. The van der Waals surface area contributed by atoms with Crippen LogP contribution in [0.4, 0.5) is 10.7 Å². The summed E-state index contributed by atoms with van der Waals surface area (Å²) in [5, 5.41) is 4.35. The number of ketones is 1. The van der Waals surface area contributed by atoms with Gasteiger partial charge in [-0.1, -0.05) is 13.8 Å². The number of carbonyl (C=O) groups excluding carboxylic acids is 1. The Bertz CT molecular complexity index is 374. The maximum absolute atomic E-state index is 11.7. The zero-order valence-corrected chi connectivity index (χ0v) is 11.6. The van der Waals surface area contributed by atoms with Gasteiger partial charge in [0.05, 0.1) is 15.5 Å². The molecule has 0 aliphatic rings. The minimum absolute atomic E-state index is 0.127. The molecule has 0 aliphatic heterocycles. The van der Waals surface area contributed by atoms with Gasteiger partial charge in [0, 0.05) is 13.0 Å². The molecule has 0 fully saturated rings. The molecule has 1 heterocycles. The number of nitrogen functional groups attached to an aromatic ring is 1. The Hall–Kier alpha value is -0.680. The van der Waals surface area contributed by atoms with Crippen LogP contribution in [0.2, 0.25) is 0 Å². The van der Waals surface area contributed by atoms with Crippen LogP contribution in [0.3, 0.4) is 0 Å². The van der Waals surface area contributed by atoms with Gasteiger partial charge >= 0.3 is 0 Å². The molecule has 0 amide bonds. The first-order chi connectivity index (χ1) is 7.65. The van der Waals surface area contributed by atoms with E-state index >= 15 is 0 Å². The fourth-order valence-electron chi connectivity index (χ4n) is 1.35. The molecule has 0 aromatic carbocycles. The van der Waals surface area contributed by atoms with Crippen molar-refractivity contribution in [2.75, 3.05) is 23.9 Å². The van der Waals surface area contributed by atoms with Gasteiger partial charge in [0.25, 0.3) is 0 Å². The first-order valence-corrected chi connectivity index (χ1v) is 7.43. The van der Waals surface area contributed by atoms with Crippen molar-refractivity contribution in [2.45, 2.75) is 31.6 Å². The van der Waals surface area contributed by atoms with Crippen molar-refractivity contribution in [1.29, 1.82) is 0 Å². The Morgan fingerprint density at radius 1 is 1.50 bits per heavy atom. The van der Waals surface area contributed by atoms with Gasteiger partial charge in [-0.2, -0.15) is 0 Å². The lowest BCUT2D eigenvalue weighted by atomic mass is 10.2. The number of nitrogens with two attached hydrogens (primary N) is 1. The Morgan fingerprint density at radius 3 is 2.69 bits per heavy atom. The average molecular weight is 258 g/mol. The Labute approximate surface area is 105 Å². The number of rotatable bonds is 6. The molecule has 16 heavy (non-hydrogen) atoms. The summed E-state index contributed by atoms with van der Waals surface area (Å²) >= 11 is 3.07. The topological polar surface area (TPSA) is 55.1 Å². The van der Waals surface area contributed by atoms with Crippen LogP contribution in [-0.4, -0.2) is 18.6 Å². The molecule has 0 aliphatic carbocycles. The number of carbonyl (C=O) groups is 1. The molecular weight excluding hydrogens is 240 g/mol. The highest BCUT2D eigenvalue weighted by atomic mass is 32.2. The highest BCUT2D eigenvalue weighted by molar-refractivity contribution is 7.99. The molecule has 0 saturated heterocycles. The summed E-state index contributed by atoms with van der Waals surface area (Å²) in [5.74, 6) is 0.127. The van der Waals surface area contributed by atoms with Crippen LogP contribution in [0.5, 0.6) is 0 Å². The van der Waals surface area contributed by atoms with E-state index in [4.69, 9.17) is 5.73 Å². The predicted octanol–water partition coefficient (Wildman–Crippen LogP) is 3.47. The zero-order chi connectivity index (χ0) is 12.1. The average Bonchev–Trinajstić information content (AvgIpc) is 2.62. The maximum atomic E-state index is 11.7. The van der Waals surface area contributed by atoms with Gasteiger partial charge in [-0.3, -0.25) is 4.79 Å². The van der Waals surface area contributed by atoms with Crippen molar-refractivity contribution < 1.29 is 4.79 Å². The van der Waals surface area contributed by atoms with Crippen molar-refractivity contribution in [3.8, 4) is 0 Å². The number of hydrogen-bond donors (Lipinski definition) is 2. The normalized spacial score (nSPS) is 10.4. The molecule has 3 N–H and O–H groups in total. The van der Waals surface area contributed by atoms with Crippen molar-refractivity contribution >= 4 is 39.6 Å². The Morgan fingerprint density at radius 2 is 2.19 bits per heavy atom. The van der Waals surface area contributed by atoms with Crippen LogP contribution in [0.1, 0.15) is 36.4 Å². The molecule has 5 heteroatoms. The quantitative estimate of drug-likeness (QED) is 0.606. The van der Waals surface area contributed by atoms with E-state index in [9.17, 15) is 4.79 Å². The van der Waals surface area contributed by atoms with E-state index in [1.54, 1.807) is 11.8 Å². The van der Waals surface area contributed by atoms with E-state index < -0.39 is 0 Å². The summed E-state index contributed by atoms with van der Waals surface area (Å²) in [7, 11) is 0. The van der Waals surface area contributed by atoms with Gasteiger partial charge in [-0.05, 0) is 12.7 Å². The van der Waals surface area contributed by atoms with Crippen LogP contribution >= 0.6 is 23.1 Å². The predicted molar refractivity (Wildman–Crippen MR) is 73.9 cm³/mol. The van der Waals surface area contributed by atoms with Crippen LogP contribution in [0, 0.1) is 0 Å². The largest absolute Gasteiger partial charge is 0.396 e. The fraction of sp³-hybridized carbons (Fsp3) is 0.545. The molecule has 1 aromatic rings. The molecule has 0 atom stereocenters. The first kappa shape index (κ1) is 13.4. The van der Waals surface area contributed by atoms with Gasteiger partial charge in [0.1, 0.15) is 5.00 Å². The summed E-state index contributed by atoms with van der Waals surface area (Å²) in [6.45, 7) is 4.88. The Balaban J connectivity index is 3.04. The van der Waals surface area contributed by atoms with Crippen LogP contribution < -0.4 is 11.1 Å².